The summed E-state index contributed by atoms with van der Waals surface area (Å²) in [5.41, 5.74) is 5.13. The molecule has 1 aromatic heterocycles. The van der Waals surface area contributed by atoms with Gasteiger partial charge >= 0.3 is 0 Å². The van der Waals surface area contributed by atoms with Gasteiger partial charge in [0, 0.05) is 4.90 Å². The van der Waals surface area contributed by atoms with Crippen molar-refractivity contribution in [2.45, 2.75) is 34.4 Å². The van der Waals surface area contributed by atoms with Crippen molar-refractivity contribution in [3.05, 3.63) is 30.3 Å². The molecule has 2 aromatic rings. The van der Waals surface area contributed by atoms with Crippen molar-refractivity contribution in [3.63, 3.8) is 0 Å². The van der Waals surface area contributed by atoms with Gasteiger partial charge < -0.3 is 19.9 Å². The van der Waals surface area contributed by atoms with Crippen LogP contribution >= 0.6 is 11.8 Å². The lowest BCUT2D eigenvalue weighted by atomic mass is 10.1. The molecule has 2 saturated heterocycles. The third-order valence-corrected chi connectivity index (χ3v) is 5.11. The highest BCUT2D eigenvalue weighted by molar-refractivity contribution is 7.99. The standard InChI is InChI=1S/C15H17N5O4S/c16-12(21)8-22-11-7-24-13-10(6-23-14(11)13)20-15(17-18-19-20)25-9-4-2-1-3-5-9/h1-5,10-11,13-14H,6-8H2,(H2,16,21)/t10-,11-,13-,14+/m1/s1. The number of carbonyl (C=O) groups is 1. The molecule has 2 aliphatic heterocycles. The van der Waals surface area contributed by atoms with Crippen LogP contribution in [0.3, 0.4) is 0 Å². The summed E-state index contributed by atoms with van der Waals surface area (Å²) in [7, 11) is 0. The van der Waals surface area contributed by atoms with Crippen LogP contribution in [0.1, 0.15) is 6.04 Å². The second-order valence-corrected chi connectivity index (χ2v) is 6.84. The number of hydrogen-bond donors (Lipinski definition) is 1. The Labute approximate surface area is 147 Å². The molecular weight excluding hydrogens is 346 g/mol. The van der Waals surface area contributed by atoms with Gasteiger partial charge in [0.1, 0.15) is 31.0 Å². The molecule has 1 aromatic carbocycles. The van der Waals surface area contributed by atoms with E-state index in [2.05, 4.69) is 15.5 Å². The molecular formula is C15H17N5O4S. The number of ether oxygens (including phenoxy) is 3. The number of amides is 1. The predicted octanol–water partition coefficient (Wildman–Crippen LogP) is 0.0335. The topological polar surface area (TPSA) is 114 Å². The van der Waals surface area contributed by atoms with Gasteiger partial charge in [-0.3, -0.25) is 4.79 Å². The fourth-order valence-corrected chi connectivity index (χ4v) is 3.89. The van der Waals surface area contributed by atoms with Crippen LogP contribution in [0.5, 0.6) is 0 Å². The number of hydrogen-bond acceptors (Lipinski definition) is 8. The van der Waals surface area contributed by atoms with E-state index in [9.17, 15) is 4.79 Å². The molecule has 4 atom stereocenters. The van der Waals surface area contributed by atoms with Crippen LogP contribution in [-0.4, -0.2) is 64.2 Å². The van der Waals surface area contributed by atoms with Crippen molar-refractivity contribution in [2.75, 3.05) is 19.8 Å². The highest BCUT2D eigenvalue weighted by atomic mass is 32.2. The Morgan fingerprint density at radius 1 is 1.28 bits per heavy atom. The number of fused-ring (bicyclic) bond motifs is 1. The maximum Gasteiger partial charge on any atom is 0.243 e. The maximum absolute atomic E-state index is 10.9. The van der Waals surface area contributed by atoms with Gasteiger partial charge in [-0.25, -0.2) is 4.68 Å². The van der Waals surface area contributed by atoms with E-state index in [0.29, 0.717) is 18.4 Å². The Balaban J connectivity index is 1.47. The third-order valence-electron chi connectivity index (χ3n) is 4.15. The first kappa shape index (κ1) is 16.5. The molecule has 2 N–H and O–H groups in total. The van der Waals surface area contributed by atoms with E-state index in [-0.39, 0.29) is 31.0 Å². The monoisotopic (exact) mass is 363 g/mol. The number of tetrazole rings is 1. The van der Waals surface area contributed by atoms with Crippen molar-refractivity contribution in [1.29, 1.82) is 0 Å². The average Bonchev–Trinajstić information content (AvgIpc) is 3.30. The summed E-state index contributed by atoms with van der Waals surface area (Å²) >= 11 is 1.48. The number of rotatable bonds is 6. The summed E-state index contributed by atoms with van der Waals surface area (Å²) in [6.45, 7) is 0.618. The largest absolute Gasteiger partial charge is 0.370 e. The van der Waals surface area contributed by atoms with Crippen molar-refractivity contribution in [2.24, 2.45) is 5.73 Å². The van der Waals surface area contributed by atoms with E-state index >= 15 is 0 Å². The molecule has 0 unspecified atom stereocenters. The number of aromatic nitrogens is 4. The first-order valence-corrected chi connectivity index (χ1v) is 8.68. The second kappa shape index (κ2) is 7.08. The molecule has 0 saturated carbocycles. The minimum Gasteiger partial charge on any atom is -0.370 e. The summed E-state index contributed by atoms with van der Waals surface area (Å²) in [4.78, 5) is 11.9. The lowest BCUT2D eigenvalue weighted by Crippen LogP contribution is -2.34. The van der Waals surface area contributed by atoms with Gasteiger partial charge in [-0.2, -0.15) is 0 Å². The number of primary amides is 1. The van der Waals surface area contributed by atoms with E-state index in [1.165, 1.54) is 11.8 Å². The summed E-state index contributed by atoms with van der Waals surface area (Å²) in [5.74, 6) is -0.514. The van der Waals surface area contributed by atoms with Gasteiger partial charge in [-0.1, -0.05) is 18.2 Å². The summed E-state index contributed by atoms with van der Waals surface area (Å²) < 4.78 is 18.9. The van der Waals surface area contributed by atoms with Gasteiger partial charge in [-0.15, -0.1) is 5.10 Å². The highest BCUT2D eigenvalue weighted by Gasteiger charge is 2.50. The molecule has 2 fully saturated rings. The predicted molar refractivity (Wildman–Crippen MR) is 85.8 cm³/mol. The van der Waals surface area contributed by atoms with Crippen LogP contribution in [0.4, 0.5) is 0 Å². The van der Waals surface area contributed by atoms with Crippen LogP contribution in [0.2, 0.25) is 0 Å². The van der Waals surface area contributed by atoms with E-state index < -0.39 is 5.91 Å². The summed E-state index contributed by atoms with van der Waals surface area (Å²) in [5, 5.41) is 12.7. The Bertz CT molecular complexity index is 743. The molecule has 0 aliphatic carbocycles. The van der Waals surface area contributed by atoms with Crippen molar-refractivity contribution < 1.29 is 19.0 Å². The second-order valence-electron chi connectivity index (χ2n) is 5.80. The normalized spacial score (nSPS) is 28.2. The van der Waals surface area contributed by atoms with Gasteiger partial charge in [0.05, 0.1) is 13.2 Å². The number of nitrogens with zero attached hydrogens (tertiary/aromatic N) is 4. The minimum atomic E-state index is -0.514. The Morgan fingerprint density at radius 2 is 2.08 bits per heavy atom. The lowest BCUT2D eigenvalue weighted by Gasteiger charge is -2.17. The number of benzene rings is 1. The summed E-state index contributed by atoms with van der Waals surface area (Å²) in [6.07, 6.45) is -0.802. The Morgan fingerprint density at radius 3 is 2.88 bits per heavy atom. The molecule has 9 nitrogen and oxygen atoms in total. The van der Waals surface area contributed by atoms with Crippen LogP contribution in [0.15, 0.2) is 40.4 Å². The van der Waals surface area contributed by atoms with Gasteiger partial charge in [0.15, 0.2) is 0 Å². The van der Waals surface area contributed by atoms with Crippen LogP contribution in [0, 0.1) is 0 Å². The zero-order valence-corrected chi connectivity index (χ0v) is 14.0. The van der Waals surface area contributed by atoms with Crippen LogP contribution in [-0.2, 0) is 19.0 Å². The smallest absolute Gasteiger partial charge is 0.243 e. The first-order chi connectivity index (χ1) is 12.2. The van der Waals surface area contributed by atoms with Gasteiger partial charge in [0.2, 0.25) is 11.1 Å². The lowest BCUT2D eigenvalue weighted by molar-refractivity contribution is -0.126. The van der Waals surface area contributed by atoms with Crippen LogP contribution < -0.4 is 5.73 Å². The van der Waals surface area contributed by atoms with Gasteiger partial charge in [-0.05, 0) is 34.3 Å². The van der Waals surface area contributed by atoms with Crippen LogP contribution in [0.25, 0.3) is 0 Å². The Kier molecular flexibility index (Phi) is 4.66. The highest BCUT2D eigenvalue weighted by Crippen LogP contribution is 2.37. The molecule has 25 heavy (non-hydrogen) atoms. The summed E-state index contributed by atoms with van der Waals surface area (Å²) in [6, 6.07) is 9.74. The van der Waals surface area contributed by atoms with Crippen molar-refractivity contribution in [1.82, 2.24) is 20.2 Å². The molecule has 2 aliphatic rings. The number of nitrogens with two attached hydrogens (primary N) is 1. The average molecular weight is 363 g/mol. The molecule has 0 radical (unpaired) electrons. The molecule has 0 spiro atoms. The Hall–Kier alpha value is -2.01. The molecule has 10 heteroatoms. The first-order valence-electron chi connectivity index (χ1n) is 7.86. The SMILES string of the molecule is NC(=O)CO[C@@H]1CO[C@H]2[C@H]1OC[C@H]2n1nnnc1Sc1ccccc1. The zero-order valence-electron chi connectivity index (χ0n) is 13.2. The quantitative estimate of drug-likeness (QED) is 0.765. The number of carbonyl (C=O) groups excluding carboxylic acids is 1. The maximum atomic E-state index is 10.9. The molecule has 132 valence electrons. The van der Waals surface area contributed by atoms with Crippen molar-refractivity contribution in [3.8, 4) is 0 Å². The fraction of sp³-hybridized carbons (Fsp3) is 0.467. The molecule has 3 heterocycles. The van der Waals surface area contributed by atoms with E-state index in [1.54, 1.807) is 4.68 Å². The molecule has 1 amide bonds. The van der Waals surface area contributed by atoms with E-state index in [1.807, 2.05) is 30.3 Å². The minimum absolute atomic E-state index is 0.145. The molecule has 4 rings (SSSR count). The molecule has 0 bridgehead atoms. The zero-order chi connectivity index (χ0) is 17.2. The van der Waals surface area contributed by atoms with Gasteiger partial charge in [0.25, 0.3) is 0 Å². The van der Waals surface area contributed by atoms with Crippen molar-refractivity contribution >= 4 is 17.7 Å². The third kappa shape index (κ3) is 3.38. The van der Waals surface area contributed by atoms with E-state index in [0.717, 1.165) is 4.90 Å². The fourth-order valence-electron chi connectivity index (χ4n) is 3.04. The van der Waals surface area contributed by atoms with E-state index in [4.69, 9.17) is 19.9 Å².